The first kappa shape index (κ1) is 21.2. The van der Waals surface area contributed by atoms with Crippen LogP contribution in [0, 0.1) is 0 Å². The van der Waals surface area contributed by atoms with Crippen LogP contribution in [0.25, 0.3) is 0 Å². The lowest BCUT2D eigenvalue weighted by atomic mass is 9.90. The molecule has 4 fully saturated rings. The SMILES string of the molecule is NC1CCCCC1.NC1CCCCC1.[H+].[H+].[O-]B1OB2OB([O-])OB(O1)O2. The van der Waals surface area contributed by atoms with E-state index in [0.717, 1.165) is 0 Å². The highest BCUT2D eigenvalue weighted by Gasteiger charge is 2.44. The number of nitrogens with two attached hydrogens (primary N) is 2. The summed E-state index contributed by atoms with van der Waals surface area (Å²) in [5.41, 5.74) is 11.3. The molecule has 140 valence electrons. The van der Waals surface area contributed by atoms with E-state index in [4.69, 9.17) is 11.5 Å². The topological polar surface area (TPSA) is 144 Å². The Labute approximate surface area is 153 Å². The zero-order chi connectivity index (χ0) is 18.1. The van der Waals surface area contributed by atoms with Gasteiger partial charge in [0.2, 0.25) is 0 Å². The molecule has 2 aliphatic heterocycles. The molecular weight excluding hydrogens is 327 g/mol. The molecule has 2 bridgehead atoms. The third kappa shape index (κ3) is 8.89. The summed E-state index contributed by atoms with van der Waals surface area (Å²) in [7, 11) is -6.00. The van der Waals surface area contributed by atoms with Crippen molar-refractivity contribution in [1.29, 1.82) is 0 Å². The molecule has 0 amide bonds. The Kier molecular flexibility index (Phi) is 9.82. The Bertz CT molecular complexity index is 325. The monoisotopic (exact) mass is 356 g/mol. The normalized spacial score (nSPS) is 25.0. The van der Waals surface area contributed by atoms with Gasteiger partial charge in [0.25, 0.3) is 0 Å². The molecule has 9 nitrogen and oxygen atoms in total. The molecule has 2 saturated heterocycles. The van der Waals surface area contributed by atoms with Gasteiger partial charge in [-0.25, -0.2) is 0 Å². The quantitative estimate of drug-likeness (QED) is 0.498. The maximum absolute atomic E-state index is 10.5. The fourth-order valence-corrected chi connectivity index (χ4v) is 2.98. The molecule has 0 atom stereocenters. The van der Waals surface area contributed by atoms with Gasteiger partial charge < -0.3 is 44.4 Å². The fraction of sp³-hybridized carbons (Fsp3) is 1.00. The van der Waals surface area contributed by atoms with Crippen LogP contribution in [0.2, 0.25) is 0 Å². The zero-order valence-corrected chi connectivity index (χ0v) is 14.5. The van der Waals surface area contributed by atoms with Crippen molar-refractivity contribution in [3.8, 4) is 0 Å². The highest BCUT2D eigenvalue weighted by atomic mass is 16.9. The summed E-state index contributed by atoms with van der Waals surface area (Å²) >= 11 is 0. The highest BCUT2D eigenvalue weighted by Crippen LogP contribution is 2.15. The van der Waals surface area contributed by atoms with E-state index in [1.165, 1.54) is 64.2 Å². The predicted molar refractivity (Wildman–Crippen MR) is 92.8 cm³/mol. The van der Waals surface area contributed by atoms with Crippen LogP contribution in [0.1, 0.15) is 67.1 Å². The summed E-state index contributed by atoms with van der Waals surface area (Å²) in [5, 5.41) is 21.0. The summed E-state index contributed by atoms with van der Waals surface area (Å²) in [6, 6.07) is 1.07. The van der Waals surface area contributed by atoms with Gasteiger partial charge >= 0.3 is 32.1 Å². The molecule has 0 aromatic rings. The molecular formula is C12H28B4N2O7. The largest absolute Gasteiger partial charge is 1.00 e. The molecule has 13 heteroatoms. The summed E-state index contributed by atoms with van der Waals surface area (Å²) in [5.74, 6) is 0. The first-order valence-corrected chi connectivity index (χ1v) is 9.13. The minimum absolute atomic E-state index is 0. The van der Waals surface area contributed by atoms with Gasteiger partial charge in [-0.05, 0) is 25.7 Å². The molecule has 0 aromatic carbocycles. The summed E-state index contributed by atoms with van der Waals surface area (Å²) in [6.07, 6.45) is 13.3. The zero-order valence-electron chi connectivity index (χ0n) is 16.5. The smallest absolute Gasteiger partial charge is 0.833 e. The van der Waals surface area contributed by atoms with Crippen LogP contribution in [-0.4, -0.2) is 41.4 Å². The van der Waals surface area contributed by atoms with Crippen molar-refractivity contribution in [2.45, 2.75) is 76.3 Å². The van der Waals surface area contributed by atoms with E-state index >= 15 is 0 Å². The second-order valence-corrected chi connectivity index (χ2v) is 6.63. The molecule has 4 rings (SSSR count). The maximum atomic E-state index is 10.5. The molecule has 2 aliphatic carbocycles. The Morgan fingerprint density at radius 1 is 0.600 bits per heavy atom. The Morgan fingerprint density at radius 3 is 1.16 bits per heavy atom. The van der Waals surface area contributed by atoms with Gasteiger partial charge in [0.15, 0.2) is 0 Å². The molecule has 0 radical (unpaired) electrons. The Balaban J connectivity index is 0.000000377. The first-order valence-electron chi connectivity index (χ1n) is 9.13. The molecule has 4 aliphatic rings. The van der Waals surface area contributed by atoms with Crippen molar-refractivity contribution in [3.63, 3.8) is 0 Å². The van der Waals surface area contributed by atoms with Gasteiger partial charge in [-0.2, -0.15) is 0 Å². The predicted octanol–water partition coefficient (Wildman–Crippen LogP) is -1.46. The average molecular weight is 356 g/mol. The number of rotatable bonds is 0. The van der Waals surface area contributed by atoms with E-state index in [1.807, 2.05) is 0 Å². The van der Waals surface area contributed by atoms with Crippen LogP contribution in [0.5, 0.6) is 0 Å². The molecule has 2 saturated carbocycles. The van der Waals surface area contributed by atoms with Gasteiger partial charge in [-0.1, -0.05) is 38.5 Å². The molecule has 0 unspecified atom stereocenters. The van der Waals surface area contributed by atoms with E-state index in [1.54, 1.807) is 0 Å². The van der Waals surface area contributed by atoms with Crippen LogP contribution < -0.4 is 21.5 Å². The van der Waals surface area contributed by atoms with Crippen molar-refractivity contribution in [2.75, 3.05) is 0 Å². The van der Waals surface area contributed by atoms with E-state index < -0.39 is 29.3 Å². The lowest BCUT2D eigenvalue weighted by Crippen LogP contribution is -2.65. The van der Waals surface area contributed by atoms with Crippen molar-refractivity contribution in [2.24, 2.45) is 11.5 Å². The van der Waals surface area contributed by atoms with Crippen LogP contribution >= 0.6 is 0 Å². The van der Waals surface area contributed by atoms with Crippen LogP contribution in [0.15, 0.2) is 0 Å². The number of hydrogen-bond donors (Lipinski definition) is 2. The average Bonchev–Trinajstić information content (AvgIpc) is 2.56. The summed E-state index contributed by atoms with van der Waals surface area (Å²) < 4.78 is 21.9. The standard InChI is InChI=1S/2C6H13N.B4O7/c2*7-6-4-2-1-3-5-6;5-1-7-3-9-2(6)10-4(8-1)11-3/h2*6H,1-5,7H2;/q;;-2/p+2. The second-order valence-electron chi connectivity index (χ2n) is 6.63. The van der Waals surface area contributed by atoms with Gasteiger partial charge in [0.1, 0.15) is 0 Å². The molecule has 4 N–H and O–H groups in total. The number of hydrogen-bond acceptors (Lipinski definition) is 9. The minimum Gasteiger partial charge on any atom is -0.833 e. The lowest BCUT2D eigenvalue weighted by molar-refractivity contribution is -0.260. The van der Waals surface area contributed by atoms with E-state index in [2.05, 4.69) is 22.9 Å². The summed E-state index contributed by atoms with van der Waals surface area (Å²) in [6.45, 7) is 0. The third-order valence-corrected chi connectivity index (χ3v) is 4.41. The Morgan fingerprint density at radius 2 is 0.920 bits per heavy atom. The van der Waals surface area contributed by atoms with Crippen LogP contribution in [-0.2, 0) is 22.9 Å². The van der Waals surface area contributed by atoms with E-state index in [9.17, 15) is 10.0 Å². The van der Waals surface area contributed by atoms with Gasteiger partial charge in [0, 0.05) is 12.1 Å². The van der Waals surface area contributed by atoms with Crippen molar-refractivity contribution in [3.05, 3.63) is 0 Å². The fourth-order valence-electron chi connectivity index (χ4n) is 2.98. The molecule has 25 heavy (non-hydrogen) atoms. The van der Waals surface area contributed by atoms with E-state index in [0.29, 0.717) is 12.1 Å². The second kappa shape index (κ2) is 11.6. The Hall–Kier alpha value is -0.100. The maximum Gasteiger partial charge on any atom is 1.00 e. The number of fused-ring (bicyclic) bond motifs is 2. The first-order chi connectivity index (χ1) is 12.0. The van der Waals surface area contributed by atoms with Gasteiger partial charge in [0.05, 0.1) is 0 Å². The third-order valence-electron chi connectivity index (χ3n) is 4.41. The van der Waals surface area contributed by atoms with Crippen molar-refractivity contribution < 1.29 is 35.8 Å². The van der Waals surface area contributed by atoms with Gasteiger partial charge in [-0.15, -0.1) is 0 Å². The summed E-state index contributed by atoms with van der Waals surface area (Å²) in [4.78, 5) is 0. The van der Waals surface area contributed by atoms with Crippen LogP contribution in [0.4, 0.5) is 0 Å². The molecule has 0 aromatic heterocycles. The van der Waals surface area contributed by atoms with Crippen molar-refractivity contribution >= 4 is 29.3 Å². The molecule has 0 spiro atoms. The molecule has 2 heterocycles. The minimum atomic E-state index is -1.73. The van der Waals surface area contributed by atoms with Crippen molar-refractivity contribution in [1.82, 2.24) is 0 Å². The van der Waals surface area contributed by atoms with Crippen LogP contribution in [0.3, 0.4) is 0 Å². The lowest BCUT2D eigenvalue weighted by Gasteiger charge is -2.40. The van der Waals surface area contributed by atoms with Gasteiger partial charge in [-0.3, -0.25) is 0 Å². The highest BCUT2D eigenvalue weighted by molar-refractivity contribution is 6.73. The van der Waals surface area contributed by atoms with E-state index in [-0.39, 0.29) is 2.85 Å².